The highest BCUT2D eigenvalue weighted by molar-refractivity contribution is 7.98. The molecule has 0 aliphatic rings. The van der Waals surface area contributed by atoms with E-state index in [1.165, 1.54) is 16.7 Å². The third-order valence-electron chi connectivity index (χ3n) is 5.47. The van der Waals surface area contributed by atoms with Gasteiger partial charge in [0.25, 0.3) is 0 Å². The number of hydrogen-bond acceptors (Lipinski definition) is 3. The van der Waals surface area contributed by atoms with Gasteiger partial charge in [-0.1, -0.05) is 121 Å². The molecule has 0 fully saturated rings. The van der Waals surface area contributed by atoms with Crippen LogP contribution in [0.3, 0.4) is 0 Å². The summed E-state index contributed by atoms with van der Waals surface area (Å²) in [5.74, 6) is -0.903. The van der Waals surface area contributed by atoms with Gasteiger partial charge in [-0.25, -0.2) is 9.10 Å². The molecule has 0 amide bonds. The third kappa shape index (κ3) is 4.47. The fourth-order valence-electron chi connectivity index (χ4n) is 4.05. The molecule has 0 unspecified atom stereocenters. The van der Waals surface area contributed by atoms with Crippen molar-refractivity contribution < 1.29 is 9.90 Å². The third-order valence-corrected chi connectivity index (χ3v) is 6.90. The molecular weight excluding hydrogens is 414 g/mol. The molecular formula is C28H25NO2S. The van der Waals surface area contributed by atoms with Crippen molar-refractivity contribution in [2.45, 2.75) is 11.3 Å². The molecule has 4 heteroatoms. The standard InChI is InChI=1S/C28H25NO2S/c1-29(21-22-13-11-12-20-26(22)27(30)31)32-28(23-14-5-2-6-15-23,24-16-7-3-8-17-24)25-18-9-4-10-19-25/h2-20H,21H2,1H3,(H,30,31). The highest BCUT2D eigenvalue weighted by atomic mass is 32.2. The zero-order valence-corrected chi connectivity index (χ0v) is 18.7. The van der Waals surface area contributed by atoms with Gasteiger partial charge < -0.3 is 5.11 Å². The molecule has 0 saturated heterocycles. The van der Waals surface area contributed by atoms with Crippen LogP contribution in [0.25, 0.3) is 0 Å². The first kappa shape index (κ1) is 21.9. The van der Waals surface area contributed by atoms with E-state index in [1.807, 2.05) is 37.4 Å². The number of hydrogen-bond donors (Lipinski definition) is 1. The number of rotatable bonds is 8. The second kappa shape index (κ2) is 9.86. The summed E-state index contributed by atoms with van der Waals surface area (Å²) >= 11 is 1.71. The fourth-order valence-corrected chi connectivity index (χ4v) is 5.45. The summed E-state index contributed by atoms with van der Waals surface area (Å²) in [5.41, 5.74) is 4.63. The lowest BCUT2D eigenvalue weighted by molar-refractivity contribution is 0.0695. The average Bonchev–Trinajstić information content (AvgIpc) is 2.84. The van der Waals surface area contributed by atoms with Crippen LogP contribution in [0, 0.1) is 0 Å². The van der Waals surface area contributed by atoms with Gasteiger partial charge in [-0.2, -0.15) is 0 Å². The SMILES string of the molecule is CN(Cc1ccccc1C(=O)O)SC(c1ccccc1)(c1ccccc1)c1ccccc1. The van der Waals surface area contributed by atoms with Gasteiger partial charge in [0.2, 0.25) is 0 Å². The fraction of sp³-hybridized carbons (Fsp3) is 0.107. The molecule has 0 radical (unpaired) electrons. The number of carboxylic acid groups (broad SMARTS) is 1. The lowest BCUT2D eigenvalue weighted by atomic mass is 9.84. The first-order chi connectivity index (χ1) is 15.6. The van der Waals surface area contributed by atoms with E-state index in [2.05, 4.69) is 77.1 Å². The highest BCUT2D eigenvalue weighted by Crippen LogP contribution is 2.49. The Hall–Kier alpha value is -3.34. The zero-order valence-electron chi connectivity index (χ0n) is 17.9. The number of aromatic carboxylic acids is 1. The van der Waals surface area contributed by atoms with E-state index in [1.54, 1.807) is 24.1 Å². The Morgan fingerprint density at radius 2 is 1.12 bits per heavy atom. The summed E-state index contributed by atoms with van der Waals surface area (Å²) in [6.45, 7) is 0.501. The summed E-state index contributed by atoms with van der Waals surface area (Å²) in [6, 6.07) is 38.6. The molecule has 0 bridgehead atoms. The van der Waals surface area contributed by atoms with Gasteiger partial charge in [0.1, 0.15) is 4.75 Å². The van der Waals surface area contributed by atoms with Crippen molar-refractivity contribution >= 4 is 17.9 Å². The smallest absolute Gasteiger partial charge is 0.336 e. The second-order valence-electron chi connectivity index (χ2n) is 7.62. The predicted molar refractivity (Wildman–Crippen MR) is 132 cm³/mol. The van der Waals surface area contributed by atoms with E-state index in [0.29, 0.717) is 12.1 Å². The quantitative estimate of drug-likeness (QED) is 0.253. The predicted octanol–water partition coefficient (Wildman–Crippen LogP) is 6.46. The minimum Gasteiger partial charge on any atom is -0.478 e. The minimum atomic E-state index is -0.903. The molecule has 3 nitrogen and oxygen atoms in total. The highest BCUT2D eigenvalue weighted by Gasteiger charge is 2.38. The maximum atomic E-state index is 11.7. The molecule has 0 aliphatic heterocycles. The molecule has 0 saturated carbocycles. The number of carboxylic acids is 1. The molecule has 0 atom stereocenters. The van der Waals surface area contributed by atoms with Gasteiger partial charge in [0.05, 0.1) is 5.56 Å². The van der Waals surface area contributed by atoms with Crippen molar-refractivity contribution in [3.63, 3.8) is 0 Å². The van der Waals surface area contributed by atoms with Gasteiger partial charge >= 0.3 is 5.97 Å². The van der Waals surface area contributed by atoms with Crippen LogP contribution in [-0.2, 0) is 11.3 Å². The maximum absolute atomic E-state index is 11.7. The second-order valence-corrected chi connectivity index (χ2v) is 9.04. The van der Waals surface area contributed by atoms with Gasteiger partial charge in [-0.3, -0.25) is 0 Å². The van der Waals surface area contributed by atoms with Crippen LogP contribution in [0.5, 0.6) is 0 Å². The van der Waals surface area contributed by atoms with Crippen molar-refractivity contribution in [1.29, 1.82) is 0 Å². The van der Waals surface area contributed by atoms with E-state index in [-0.39, 0.29) is 0 Å². The van der Waals surface area contributed by atoms with E-state index < -0.39 is 10.7 Å². The molecule has 160 valence electrons. The van der Waals surface area contributed by atoms with E-state index in [9.17, 15) is 9.90 Å². The molecule has 0 aromatic heterocycles. The number of nitrogens with zero attached hydrogens (tertiary/aromatic N) is 1. The molecule has 0 heterocycles. The van der Waals surface area contributed by atoms with Crippen LogP contribution >= 0.6 is 11.9 Å². The van der Waals surface area contributed by atoms with Crippen LogP contribution in [0.15, 0.2) is 115 Å². The number of carbonyl (C=O) groups is 1. The Kier molecular flexibility index (Phi) is 6.74. The Morgan fingerprint density at radius 3 is 1.56 bits per heavy atom. The Bertz CT molecular complexity index is 1070. The molecule has 0 spiro atoms. The lowest BCUT2D eigenvalue weighted by Gasteiger charge is -2.38. The van der Waals surface area contributed by atoms with Crippen molar-refractivity contribution in [3.05, 3.63) is 143 Å². The maximum Gasteiger partial charge on any atom is 0.336 e. The van der Waals surface area contributed by atoms with Crippen LogP contribution < -0.4 is 0 Å². The van der Waals surface area contributed by atoms with Crippen molar-refractivity contribution in [2.24, 2.45) is 0 Å². The molecule has 1 N–H and O–H groups in total. The molecule has 4 rings (SSSR count). The van der Waals surface area contributed by atoms with Crippen LogP contribution in [0.4, 0.5) is 0 Å². The van der Waals surface area contributed by atoms with Crippen molar-refractivity contribution in [1.82, 2.24) is 4.31 Å². The summed E-state index contributed by atoms with van der Waals surface area (Å²) in [7, 11) is 2.02. The van der Waals surface area contributed by atoms with Gasteiger partial charge in [0.15, 0.2) is 0 Å². The largest absolute Gasteiger partial charge is 0.478 e. The first-order valence-electron chi connectivity index (χ1n) is 10.5. The van der Waals surface area contributed by atoms with Crippen molar-refractivity contribution in [2.75, 3.05) is 7.05 Å². The zero-order chi connectivity index (χ0) is 22.4. The summed E-state index contributed by atoms with van der Waals surface area (Å²) in [4.78, 5) is 11.7. The van der Waals surface area contributed by atoms with Gasteiger partial charge in [-0.05, 0) is 35.4 Å². The van der Waals surface area contributed by atoms with Crippen LogP contribution in [-0.4, -0.2) is 22.4 Å². The molecule has 4 aromatic rings. The molecule has 32 heavy (non-hydrogen) atoms. The topological polar surface area (TPSA) is 40.5 Å². The van der Waals surface area contributed by atoms with E-state index in [0.717, 1.165) is 5.56 Å². The van der Waals surface area contributed by atoms with E-state index in [4.69, 9.17) is 0 Å². The summed E-state index contributed by atoms with van der Waals surface area (Å²) < 4.78 is 1.64. The lowest BCUT2D eigenvalue weighted by Crippen LogP contribution is -2.30. The monoisotopic (exact) mass is 439 g/mol. The minimum absolute atomic E-state index is 0.338. The van der Waals surface area contributed by atoms with Crippen molar-refractivity contribution in [3.8, 4) is 0 Å². The number of benzene rings is 4. The Labute approximate surface area is 193 Å². The summed E-state index contributed by atoms with van der Waals surface area (Å²) in [6.07, 6.45) is 0. The molecule has 4 aromatic carbocycles. The Balaban J connectivity index is 1.82. The molecule has 0 aliphatic carbocycles. The normalized spacial score (nSPS) is 11.4. The first-order valence-corrected chi connectivity index (χ1v) is 11.3. The van der Waals surface area contributed by atoms with Crippen LogP contribution in [0.2, 0.25) is 0 Å². The Morgan fingerprint density at radius 1 is 0.719 bits per heavy atom. The van der Waals surface area contributed by atoms with Crippen LogP contribution in [0.1, 0.15) is 32.6 Å². The van der Waals surface area contributed by atoms with Gasteiger partial charge in [0, 0.05) is 6.54 Å². The summed E-state index contributed by atoms with van der Waals surface area (Å²) in [5, 5.41) is 9.62. The average molecular weight is 440 g/mol. The van der Waals surface area contributed by atoms with Gasteiger partial charge in [-0.15, -0.1) is 0 Å². The van der Waals surface area contributed by atoms with E-state index >= 15 is 0 Å².